The predicted octanol–water partition coefficient (Wildman–Crippen LogP) is 3.57. The number of benzene rings is 2. The number of hydrogen-bond donors (Lipinski definition) is 2. The van der Waals surface area contributed by atoms with E-state index in [1.54, 1.807) is 12.1 Å². The van der Waals surface area contributed by atoms with Crippen molar-refractivity contribution < 1.29 is 27.9 Å². The Morgan fingerprint density at radius 2 is 1.79 bits per heavy atom. The first-order valence-corrected chi connectivity index (χ1v) is 9.14. The largest absolute Gasteiger partial charge is 0.455 e. The molecule has 0 bridgehead atoms. The molecule has 0 aromatic heterocycles. The van der Waals surface area contributed by atoms with Gasteiger partial charge in [0.25, 0.3) is 5.91 Å². The highest BCUT2D eigenvalue weighted by Gasteiger charge is 2.13. The lowest BCUT2D eigenvalue weighted by atomic mass is 10.1. The zero-order valence-electron chi connectivity index (χ0n) is 15.2. The molecule has 0 aliphatic carbocycles. The number of thioether (sulfide) groups is 1. The van der Waals surface area contributed by atoms with Crippen LogP contribution in [0.2, 0.25) is 0 Å². The zero-order valence-corrected chi connectivity index (χ0v) is 16.0. The van der Waals surface area contributed by atoms with Crippen molar-refractivity contribution in [2.45, 2.75) is 18.7 Å². The van der Waals surface area contributed by atoms with Gasteiger partial charge in [-0.1, -0.05) is 6.07 Å². The second-order valence-electron chi connectivity index (χ2n) is 5.83. The predicted molar refractivity (Wildman–Crippen MR) is 101 cm³/mol. The van der Waals surface area contributed by atoms with Crippen LogP contribution >= 0.6 is 11.8 Å². The molecule has 0 aliphatic heterocycles. The average molecular weight is 408 g/mol. The van der Waals surface area contributed by atoms with Crippen molar-refractivity contribution in [3.05, 3.63) is 59.2 Å². The van der Waals surface area contributed by atoms with Crippen molar-refractivity contribution in [2.75, 3.05) is 17.7 Å². The maximum Gasteiger partial charge on any atom is 0.325 e. The van der Waals surface area contributed by atoms with Gasteiger partial charge in [0.2, 0.25) is 0 Å². The van der Waals surface area contributed by atoms with Gasteiger partial charge in [-0.05, 0) is 55.3 Å². The topological polar surface area (TPSA) is 84.5 Å². The van der Waals surface area contributed by atoms with E-state index in [1.165, 1.54) is 0 Å². The normalized spacial score (nSPS) is 10.3. The van der Waals surface area contributed by atoms with Gasteiger partial charge in [0.05, 0.1) is 5.75 Å². The molecule has 0 aliphatic rings. The van der Waals surface area contributed by atoms with E-state index in [1.807, 2.05) is 25.2 Å². The van der Waals surface area contributed by atoms with Crippen LogP contribution in [0.5, 0.6) is 0 Å². The molecule has 2 rings (SSSR count). The number of rotatable bonds is 6. The van der Waals surface area contributed by atoms with E-state index in [0.29, 0.717) is 5.69 Å². The summed E-state index contributed by atoms with van der Waals surface area (Å²) in [6, 6.07) is 7.37. The highest BCUT2D eigenvalue weighted by Crippen LogP contribution is 2.22. The third-order valence-corrected chi connectivity index (χ3v) is 4.62. The Labute approximate surface area is 164 Å². The monoisotopic (exact) mass is 408 g/mol. The molecule has 0 radical (unpaired) electrons. The molecule has 28 heavy (non-hydrogen) atoms. The summed E-state index contributed by atoms with van der Waals surface area (Å²) >= 11 is 0.739. The minimum atomic E-state index is -0.823. The van der Waals surface area contributed by atoms with Crippen LogP contribution < -0.4 is 10.6 Å². The van der Waals surface area contributed by atoms with Gasteiger partial charge in [0.15, 0.2) is 6.61 Å². The van der Waals surface area contributed by atoms with Crippen LogP contribution in [0.25, 0.3) is 0 Å². The van der Waals surface area contributed by atoms with Crippen molar-refractivity contribution in [3.8, 4) is 0 Å². The number of esters is 1. The minimum absolute atomic E-state index is 0.0471. The molecule has 0 heterocycles. The van der Waals surface area contributed by atoms with Crippen LogP contribution in [0.4, 0.5) is 19.3 Å². The van der Waals surface area contributed by atoms with E-state index in [4.69, 9.17) is 4.74 Å². The van der Waals surface area contributed by atoms with E-state index in [9.17, 15) is 23.2 Å². The number of anilines is 1. The molecule has 2 N–H and O–H groups in total. The second kappa shape index (κ2) is 9.84. The maximum absolute atomic E-state index is 13.5. The Balaban J connectivity index is 1.73. The smallest absolute Gasteiger partial charge is 0.325 e. The van der Waals surface area contributed by atoms with E-state index in [2.05, 4.69) is 5.32 Å². The molecule has 0 saturated heterocycles. The number of carbonyl (C=O) groups is 3. The lowest BCUT2D eigenvalue weighted by Gasteiger charge is -2.09. The first kappa shape index (κ1) is 21.4. The van der Waals surface area contributed by atoms with Gasteiger partial charge in [-0.3, -0.25) is 14.9 Å². The van der Waals surface area contributed by atoms with Gasteiger partial charge < -0.3 is 10.1 Å². The number of halogens is 2. The Morgan fingerprint density at radius 3 is 2.50 bits per heavy atom. The highest BCUT2D eigenvalue weighted by molar-refractivity contribution is 8.00. The Hall–Kier alpha value is -2.94. The molecular formula is C19H18F2N2O4S. The number of imide groups is 1. The fourth-order valence-corrected chi connectivity index (χ4v) is 2.81. The van der Waals surface area contributed by atoms with Crippen LogP contribution in [0, 0.1) is 25.5 Å². The highest BCUT2D eigenvalue weighted by atomic mass is 32.2. The summed E-state index contributed by atoms with van der Waals surface area (Å²) < 4.78 is 31.2. The lowest BCUT2D eigenvalue weighted by Crippen LogP contribution is -2.37. The van der Waals surface area contributed by atoms with E-state index < -0.39 is 36.1 Å². The number of carbonyl (C=O) groups excluding carboxylic acids is 3. The Kier molecular flexibility index (Phi) is 7.51. The third-order valence-electron chi connectivity index (χ3n) is 3.62. The SMILES string of the molecule is Cc1ccc(NC(=O)NC(=O)COC(=O)CSc2cc(F)ccc2F)cc1C. The molecular weight excluding hydrogens is 390 g/mol. The second-order valence-corrected chi connectivity index (χ2v) is 6.84. The molecule has 148 valence electrons. The van der Waals surface area contributed by atoms with Crippen LogP contribution in [0.1, 0.15) is 11.1 Å². The van der Waals surface area contributed by atoms with E-state index in [-0.39, 0.29) is 10.6 Å². The van der Waals surface area contributed by atoms with Crippen LogP contribution in [-0.4, -0.2) is 30.3 Å². The van der Waals surface area contributed by atoms with Crippen molar-refractivity contribution >= 4 is 35.4 Å². The summed E-state index contributed by atoms with van der Waals surface area (Å²) in [6.45, 7) is 3.14. The number of hydrogen-bond acceptors (Lipinski definition) is 5. The number of ether oxygens (including phenoxy) is 1. The molecule has 2 aromatic carbocycles. The van der Waals surface area contributed by atoms with Gasteiger partial charge in [-0.15, -0.1) is 11.8 Å². The van der Waals surface area contributed by atoms with Gasteiger partial charge in [-0.2, -0.15) is 0 Å². The van der Waals surface area contributed by atoms with Gasteiger partial charge >= 0.3 is 12.0 Å². The Bertz CT molecular complexity index is 905. The van der Waals surface area contributed by atoms with Crippen molar-refractivity contribution in [2.24, 2.45) is 0 Å². The first-order chi connectivity index (χ1) is 13.2. The van der Waals surface area contributed by atoms with Crippen LogP contribution in [0.15, 0.2) is 41.3 Å². The van der Waals surface area contributed by atoms with Crippen LogP contribution in [-0.2, 0) is 14.3 Å². The van der Waals surface area contributed by atoms with Crippen molar-refractivity contribution in [1.29, 1.82) is 0 Å². The molecule has 0 atom stereocenters. The maximum atomic E-state index is 13.5. The van der Waals surface area contributed by atoms with Crippen molar-refractivity contribution in [3.63, 3.8) is 0 Å². The van der Waals surface area contributed by atoms with E-state index in [0.717, 1.165) is 41.1 Å². The first-order valence-electron chi connectivity index (χ1n) is 8.16. The average Bonchev–Trinajstić information content (AvgIpc) is 2.63. The molecule has 0 spiro atoms. The summed E-state index contributed by atoms with van der Waals surface area (Å²) in [5.74, 6) is -3.25. The Morgan fingerprint density at radius 1 is 1.04 bits per heavy atom. The summed E-state index contributed by atoms with van der Waals surface area (Å²) in [5, 5.41) is 4.52. The summed E-state index contributed by atoms with van der Waals surface area (Å²) in [7, 11) is 0. The third kappa shape index (κ3) is 6.66. The zero-order chi connectivity index (χ0) is 20.7. The molecule has 2 aromatic rings. The number of urea groups is 1. The van der Waals surface area contributed by atoms with E-state index >= 15 is 0 Å². The summed E-state index contributed by atoms with van der Waals surface area (Å²) in [6.07, 6.45) is 0. The number of amides is 3. The minimum Gasteiger partial charge on any atom is -0.455 e. The van der Waals surface area contributed by atoms with Gasteiger partial charge in [-0.25, -0.2) is 13.6 Å². The lowest BCUT2D eigenvalue weighted by molar-refractivity contribution is -0.145. The summed E-state index contributed by atoms with van der Waals surface area (Å²) in [4.78, 5) is 35.0. The molecule has 3 amide bonds. The fourth-order valence-electron chi connectivity index (χ4n) is 2.06. The molecule has 0 fully saturated rings. The quantitative estimate of drug-likeness (QED) is 0.564. The number of aryl methyl sites for hydroxylation is 2. The molecule has 9 heteroatoms. The van der Waals surface area contributed by atoms with Crippen LogP contribution in [0.3, 0.4) is 0 Å². The molecule has 6 nitrogen and oxygen atoms in total. The number of nitrogens with one attached hydrogen (secondary N) is 2. The summed E-state index contributed by atoms with van der Waals surface area (Å²) in [5.41, 5.74) is 2.55. The molecule has 0 unspecified atom stereocenters. The molecule has 0 saturated carbocycles. The fraction of sp³-hybridized carbons (Fsp3) is 0.211. The van der Waals surface area contributed by atoms with Crippen molar-refractivity contribution in [1.82, 2.24) is 5.32 Å². The standard InChI is InChI=1S/C19H18F2N2O4S/c1-11-3-5-14(7-12(11)2)22-19(26)23-17(24)9-27-18(25)10-28-16-8-13(20)4-6-15(16)21/h3-8H,9-10H2,1-2H3,(H2,22,23,24,26). The van der Waals surface area contributed by atoms with Gasteiger partial charge in [0.1, 0.15) is 11.6 Å². The van der Waals surface area contributed by atoms with Gasteiger partial charge in [0, 0.05) is 10.6 Å².